The summed E-state index contributed by atoms with van der Waals surface area (Å²) in [6.45, 7) is 8.30. The van der Waals surface area contributed by atoms with Crippen molar-refractivity contribution in [3.8, 4) is 0 Å². The Morgan fingerprint density at radius 1 is 1.20 bits per heavy atom. The molecular weight excluding hydrogens is 383 g/mol. The van der Waals surface area contributed by atoms with E-state index >= 15 is 0 Å². The molecule has 2 heterocycles. The predicted molar refractivity (Wildman–Crippen MR) is 113 cm³/mol. The van der Waals surface area contributed by atoms with Gasteiger partial charge in [0.05, 0.1) is 11.3 Å². The molecule has 1 aliphatic rings. The van der Waals surface area contributed by atoms with Crippen LogP contribution in [0.2, 0.25) is 0 Å². The molecule has 160 valence electrons. The Morgan fingerprint density at radius 2 is 1.90 bits per heavy atom. The summed E-state index contributed by atoms with van der Waals surface area (Å²) in [5.41, 5.74) is 2.17. The Kier molecular flexibility index (Phi) is 7.13. The van der Waals surface area contributed by atoms with E-state index in [9.17, 15) is 14.0 Å². The third kappa shape index (κ3) is 5.01. The van der Waals surface area contributed by atoms with E-state index in [-0.39, 0.29) is 23.5 Å². The van der Waals surface area contributed by atoms with Crippen molar-refractivity contribution in [1.82, 2.24) is 19.8 Å². The molecule has 0 N–H and O–H groups in total. The van der Waals surface area contributed by atoms with Gasteiger partial charge in [-0.25, -0.2) is 14.4 Å². The summed E-state index contributed by atoms with van der Waals surface area (Å²) in [5, 5.41) is 0. The van der Waals surface area contributed by atoms with Gasteiger partial charge in [0, 0.05) is 44.7 Å². The molecule has 6 nitrogen and oxygen atoms in total. The maximum Gasteiger partial charge on any atom is 0.257 e. The lowest BCUT2D eigenvalue weighted by atomic mass is 10.1. The minimum atomic E-state index is -0.271. The summed E-state index contributed by atoms with van der Waals surface area (Å²) >= 11 is 0. The minimum Gasteiger partial charge on any atom is -0.342 e. The molecule has 30 heavy (non-hydrogen) atoms. The van der Waals surface area contributed by atoms with Crippen LogP contribution in [0.25, 0.3) is 0 Å². The van der Waals surface area contributed by atoms with E-state index in [4.69, 9.17) is 0 Å². The van der Waals surface area contributed by atoms with Crippen LogP contribution in [0.5, 0.6) is 0 Å². The number of halogens is 1. The van der Waals surface area contributed by atoms with Gasteiger partial charge >= 0.3 is 0 Å². The molecule has 7 heteroatoms. The normalized spacial score (nSPS) is 16.0. The molecule has 1 aromatic carbocycles. The van der Waals surface area contributed by atoms with E-state index in [0.717, 1.165) is 12.0 Å². The Labute approximate surface area is 177 Å². The van der Waals surface area contributed by atoms with Gasteiger partial charge in [0.1, 0.15) is 11.6 Å². The van der Waals surface area contributed by atoms with Crippen LogP contribution in [0, 0.1) is 12.7 Å². The monoisotopic (exact) mass is 412 g/mol. The number of amides is 2. The van der Waals surface area contributed by atoms with Crippen molar-refractivity contribution >= 4 is 11.8 Å². The van der Waals surface area contributed by atoms with Crippen LogP contribution >= 0.6 is 0 Å². The smallest absolute Gasteiger partial charge is 0.257 e. The largest absolute Gasteiger partial charge is 0.342 e. The highest BCUT2D eigenvalue weighted by molar-refractivity contribution is 5.94. The van der Waals surface area contributed by atoms with E-state index < -0.39 is 0 Å². The van der Waals surface area contributed by atoms with Crippen molar-refractivity contribution in [3.63, 3.8) is 0 Å². The number of hydrogen-bond acceptors (Lipinski definition) is 4. The molecule has 1 fully saturated rings. The number of nitrogens with zero attached hydrogens (tertiary/aromatic N) is 4. The standard InChI is InChI=1S/C23H29FN4O2/c1-4-27(5-2)23(30)20-14-25-22(26-16(20)3)18-12-13-28(15-18)21(29)11-8-17-6-9-19(24)10-7-17/h6-7,9-10,14,18H,4-5,8,11-13,15H2,1-3H3/t18-/m0/s1. The zero-order chi connectivity index (χ0) is 21.7. The third-order valence-corrected chi connectivity index (χ3v) is 5.73. The number of hydrogen-bond donors (Lipinski definition) is 0. The fourth-order valence-electron chi connectivity index (χ4n) is 3.83. The van der Waals surface area contributed by atoms with Crippen molar-refractivity contribution in [2.45, 2.75) is 46.0 Å². The molecule has 0 aliphatic carbocycles. The highest BCUT2D eigenvalue weighted by atomic mass is 19.1. The first kappa shape index (κ1) is 21.9. The van der Waals surface area contributed by atoms with Gasteiger partial charge in [-0.1, -0.05) is 12.1 Å². The fourth-order valence-corrected chi connectivity index (χ4v) is 3.83. The molecule has 1 saturated heterocycles. The van der Waals surface area contributed by atoms with Crippen LogP contribution in [0.1, 0.15) is 60.0 Å². The molecular formula is C23H29FN4O2. The number of carbonyl (C=O) groups excluding carboxylic acids is 2. The summed E-state index contributed by atoms with van der Waals surface area (Å²) in [6, 6.07) is 6.26. The third-order valence-electron chi connectivity index (χ3n) is 5.73. The Bertz CT molecular complexity index is 897. The zero-order valence-corrected chi connectivity index (χ0v) is 17.9. The second-order valence-corrected chi connectivity index (χ2v) is 7.66. The number of aromatic nitrogens is 2. The number of rotatable bonds is 7. The van der Waals surface area contributed by atoms with E-state index in [1.54, 1.807) is 23.2 Å². The minimum absolute atomic E-state index is 0.0481. The van der Waals surface area contributed by atoms with E-state index in [2.05, 4.69) is 9.97 Å². The predicted octanol–water partition coefficient (Wildman–Crippen LogP) is 3.35. The van der Waals surface area contributed by atoms with Gasteiger partial charge in [0.25, 0.3) is 5.91 Å². The van der Waals surface area contributed by atoms with Crippen molar-refractivity contribution in [2.24, 2.45) is 0 Å². The number of likely N-dealkylation sites (tertiary alicyclic amines) is 1. The van der Waals surface area contributed by atoms with Crippen molar-refractivity contribution in [3.05, 3.63) is 58.9 Å². The number of benzene rings is 1. The van der Waals surface area contributed by atoms with Crippen molar-refractivity contribution in [1.29, 1.82) is 0 Å². The van der Waals surface area contributed by atoms with Crippen LogP contribution in [0.15, 0.2) is 30.5 Å². The van der Waals surface area contributed by atoms with E-state index in [0.29, 0.717) is 56.1 Å². The lowest BCUT2D eigenvalue weighted by Gasteiger charge is -2.20. The molecule has 0 radical (unpaired) electrons. The molecule has 0 unspecified atom stereocenters. The Hall–Kier alpha value is -2.83. The SMILES string of the molecule is CCN(CC)C(=O)c1cnc([C@H]2CCN(C(=O)CCc3ccc(F)cc3)C2)nc1C. The molecule has 0 bridgehead atoms. The van der Waals surface area contributed by atoms with Gasteiger partial charge in [-0.2, -0.15) is 0 Å². The maximum atomic E-state index is 13.0. The number of carbonyl (C=O) groups is 2. The van der Waals surface area contributed by atoms with Gasteiger partial charge in [-0.05, 0) is 51.3 Å². The summed E-state index contributed by atoms with van der Waals surface area (Å²) in [5.74, 6) is 0.543. The van der Waals surface area contributed by atoms with Crippen molar-refractivity contribution in [2.75, 3.05) is 26.2 Å². The van der Waals surface area contributed by atoms with Crippen LogP contribution < -0.4 is 0 Å². The highest BCUT2D eigenvalue weighted by Gasteiger charge is 2.29. The summed E-state index contributed by atoms with van der Waals surface area (Å²) < 4.78 is 13.0. The van der Waals surface area contributed by atoms with Gasteiger partial charge in [0.15, 0.2) is 0 Å². The maximum absolute atomic E-state index is 13.0. The molecule has 1 aliphatic heterocycles. The van der Waals surface area contributed by atoms with E-state index in [1.165, 1.54) is 12.1 Å². The van der Waals surface area contributed by atoms with E-state index in [1.807, 2.05) is 25.7 Å². The average Bonchev–Trinajstić information content (AvgIpc) is 3.24. The van der Waals surface area contributed by atoms with Gasteiger partial charge in [-0.3, -0.25) is 9.59 Å². The van der Waals surface area contributed by atoms with Crippen LogP contribution in [-0.2, 0) is 11.2 Å². The molecule has 0 spiro atoms. The zero-order valence-electron chi connectivity index (χ0n) is 17.9. The van der Waals surface area contributed by atoms with Gasteiger partial charge in [-0.15, -0.1) is 0 Å². The Balaban J connectivity index is 1.59. The average molecular weight is 413 g/mol. The summed E-state index contributed by atoms with van der Waals surface area (Å²) in [7, 11) is 0. The summed E-state index contributed by atoms with van der Waals surface area (Å²) in [4.78, 5) is 37.8. The molecule has 3 rings (SSSR count). The molecule has 2 amide bonds. The molecule has 0 saturated carbocycles. The van der Waals surface area contributed by atoms with Crippen molar-refractivity contribution < 1.29 is 14.0 Å². The quantitative estimate of drug-likeness (QED) is 0.700. The first-order valence-electron chi connectivity index (χ1n) is 10.6. The lowest BCUT2D eigenvalue weighted by Crippen LogP contribution is -2.31. The number of aryl methyl sites for hydroxylation is 2. The Morgan fingerprint density at radius 3 is 2.53 bits per heavy atom. The molecule has 1 aromatic heterocycles. The topological polar surface area (TPSA) is 66.4 Å². The first-order valence-corrected chi connectivity index (χ1v) is 10.6. The molecule has 1 atom stereocenters. The fraction of sp³-hybridized carbons (Fsp3) is 0.478. The highest BCUT2D eigenvalue weighted by Crippen LogP contribution is 2.26. The van der Waals surface area contributed by atoms with Crippen LogP contribution in [0.3, 0.4) is 0 Å². The van der Waals surface area contributed by atoms with Crippen LogP contribution in [-0.4, -0.2) is 57.8 Å². The first-order chi connectivity index (χ1) is 14.4. The van der Waals surface area contributed by atoms with Gasteiger partial charge in [0.2, 0.25) is 5.91 Å². The second kappa shape index (κ2) is 9.78. The lowest BCUT2D eigenvalue weighted by molar-refractivity contribution is -0.130. The summed E-state index contributed by atoms with van der Waals surface area (Å²) in [6.07, 6.45) is 3.43. The second-order valence-electron chi connectivity index (χ2n) is 7.66. The van der Waals surface area contributed by atoms with Gasteiger partial charge < -0.3 is 9.80 Å². The molecule has 2 aromatic rings. The van der Waals surface area contributed by atoms with Crippen LogP contribution in [0.4, 0.5) is 4.39 Å².